The molecular weight excluding hydrogens is 524 g/mol. The summed E-state index contributed by atoms with van der Waals surface area (Å²) in [5.74, 6) is -0.505. The summed E-state index contributed by atoms with van der Waals surface area (Å²) >= 11 is 0. The van der Waals surface area contributed by atoms with Crippen molar-refractivity contribution in [3.05, 3.63) is 97.6 Å². The Labute approximate surface area is 223 Å². The summed E-state index contributed by atoms with van der Waals surface area (Å²) in [5, 5.41) is 0. The number of aryl methyl sites for hydroxylation is 2. The molecule has 0 saturated heterocycles. The molecule has 8 nitrogen and oxygen atoms in total. The predicted molar refractivity (Wildman–Crippen MR) is 145 cm³/mol. The van der Waals surface area contributed by atoms with Crippen molar-refractivity contribution in [2.45, 2.75) is 25.9 Å². The van der Waals surface area contributed by atoms with Gasteiger partial charge >= 0.3 is 0 Å². The van der Waals surface area contributed by atoms with Crippen molar-refractivity contribution in [3.63, 3.8) is 0 Å². The summed E-state index contributed by atoms with van der Waals surface area (Å²) in [6.45, 7) is 1.02. The van der Waals surface area contributed by atoms with Crippen molar-refractivity contribution in [1.29, 1.82) is 0 Å². The van der Waals surface area contributed by atoms with Crippen LogP contribution in [-0.2, 0) is 33.3 Å². The molecule has 38 heavy (non-hydrogen) atoms. The standard InChI is InChI=1S/C28H28N2O6S2/c31-37(32,33)21-1-15-29-17-11-27(12-18-29)25-7-3-23(4-8-25)24-5-9-26(10-6-24)28-13-19-30(20-14-28)16-2-22-38(34,35)36/h3-14,17-20H,1-2,15-16,21-22H2/p+2. The van der Waals surface area contributed by atoms with Crippen molar-refractivity contribution in [2.75, 3.05) is 11.5 Å². The summed E-state index contributed by atoms with van der Waals surface area (Å²) in [6, 6.07) is 24.5. The normalized spacial score (nSPS) is 11.9. The Morgan fingerprint density at radius 3 is 0.921 bits per heavy atom. The molecule has 0 bridgehead atoms. The minimum absolute atomic E-state index is 0.252. The van der Waals surface area contributed by atoms with Crippen molar-refractivity contribution in [2.24, 2.45) is 0 Å². The Kier molecular flexibility index (Phi) is 8.68. The smallest absolute Gasteiger partial charge is 0.265 e. The van der Waals surface area contributed by atoms with Crippen molar-refractivity contribution in [1.82, 2.24) is 0 Å². The van der Waals surface area contributed by atoms with Crippen LogP contribution in [0.3, 0.4) is 0 Å². The van der Waals surface area contributed by atoms with Crippen molar-refractivity contribution < 1.29 is 35.1 Å². The highest BCUT2D eigenvalue weighted by Gasteiger charge is 2.10. The van der Waals surface area contributed by atoms with Gasteiger partial charge in [-0.3, -0.25) is 9.11 Å². The Morgan fingerprint density at radius 1 is 0.447 bits per heavy atom. The molecule has 2 aromatic carbocycles. The maximum atomic E-state index is 10.9. The Balaban J connectivity index is 1.36. The average Bonchev–Trinajstić information content (AvgIpc) is 2.88. The molecule has 0 amide bonds. The zero-order valence-corrected chi connectivity index (χ0v) is 22.4. The first-order valence-corrected chi connectivity index (χ1v) is 15.4. The average molecular weight is 555 g/mol. The van der Waals surface area contributed by atoms with E-state index in [1.807, 2.05) is 58.2 Å². The highest BCUT2D eigenvalue weighted by atomic mass is 32.2. The van der Waals surface area contributed by atoms with E-state index in [0.717, 1.165) is 33.4 Å². The second-order valence-corrected chi connectivity index (χ2v) is 12.2. The topological polar surface area (TPSA) is 117 Å². The lowest BCUT2D eigenvalue weighted by Crippen LogP contribution is -2.33. The highest BCUT2D eigenvalue weighted by molar-refractivity contribution is 7.86. The van der Waals surface area contributed by atoms with Gasteiger partial charge < -0.3 is 0 Å². The summed E-state index contributed by atoms with van der Waals surface area (Å²) in [6.07, 6.45) is 8.29. The quantitative estimate of drug-likeness (QED) is 0.215. The lowest BCUT2D eigenvalue weighted by molar-refractivity contribution is -0.696. The first kappa shape index (κ1) is 27.6. The summed E-state index contributed by atoms with van der Waals surface area (Å²) < 4.78 is 64.9. The second kappa shape index (κ2) is 12.0. The van der Waals surface area contributed by atoms with Gasteiger partial charge in [0.25, 0.3) is 20.2 Å². The summed E-state index contributed by atoms with van der Waals surface area (Å²) in [5.41, 5.74) is 6.45. The molecule has 2 N–H and O–H groups in total. The number of hydrogen-bond acceptors (Lipinski definition) is 4. The van der Waals surface area contributed by atoms with E-state index >= 15 is 0 Å². The molecule has 0 aliphatic rings. The first-order valence-electron chi connectivity index (χ1n) is 12.2. The number of pyridine rings is 2. The molecule has 0 saturated carbocycles. The fourth-order valence-electron chi connectivity index (χ4n) is 4.17. The molecule has 198 valence electrons. The molecule has 0 spiro atoms. The molecule has 10 heteroatoms. The SMILES string of the molecule is O=S(=O)(O)CCC[n+]1ccc(-c2ccc(-c3ccc(-c4cc[n+](CCCS(=O)(=O)O)cc4)cc3)cc2)cc1. The van der Waals surface area contributed by atoms with Crippen LogP contribution in [0.15, 0.2) is 97.6 Å². The third-order valence-corrected chi connectivity index (χ3v) is 7.80. The predicted octanol–water partition coefficient (Wildman–Crippen LogP) is 3.82. The first-order chi connectivity index (χ1) is 18.1. The third kappa shape index (κ3) is 8.29. The number of hydrogen-bond donors (Lipinski definition) is 2. The lowest BCUT2D eigenvalue weighted by atomic mass is 9.98. The maximum Gasteiger partial charge on any atom is 0.265 e. The fraction of sp³-hybridized carbons (Fsp3) is 0.214. The summed E-state index contributed by atoms with van der Waals surface area (Å²) in [4.78, 5) is 0. The van der Waals surface area contributed by atoms with Gasteiger partial charge in [0.05, 0.1) is 11.5 Å². The molecule has 4 aromatic rings. The van der Waals surface area contributed by atoms with Gasteiger partial charge in [0.15, 0.2) is 24.8 Å². The van der Waals surface area contributed by atoms with E-state index in [4.69, 9.17) is 9.11 Å². The van der Waals surface area contributed by atoms with Gasteiger partial charge in [-0.05, 0) is 33.4 Å². The Hall–Kier alpha value is -3.44. The van der Waals surface area contributed by atoms with Gasteiger partial charge in [-0.25, -0.2) is 9.13 Å². The summed E-state index contributed by atoms with van der Waals surface area (Å²) in [7, 11) is -7.87. The van der Waals surface area contributed by atoms with E-state index in [-0.39, 0.29) is 11.5 Å². The molecule has 0 aliphatic heterocycles. The molecule has 0 fully saturated rings. The molecule has 0 unspecified atom stereocenters. The van der Waals surface area contributed by atoms with Crippen LogP contribution in [0.1, 0.15) is 12.8 Å². The zero-order chi connectivity index (χ0) is 27.2. The molecule has 0 aliphatic carbocycles. The van der Waals surface area contributed by atoms with E-state index in [9.17, 15) is 16.8 Å². The molecule has 2 heterocycles. The number of benzene rings is 2. The minimum atomic E-state index is -3.93. The fourth-order valence-corrected chi connectivity index (χ4v) is 5.15. The molecule has 0 atom stereocenters. The molecule has 4 rings (SSSR count). The molecule has 0 radical (unpaired) electrons. The second-order valence-electron chi connectivity index (χ2n) is 9.08. The number of aromatic nitrogens is 2. The van der Waals surface area contributed by atoms with Crippen LogP contribution < -0.4 is 9.13 Å². The van der Waals surface area contributed by atoms with Gasteiger partial charge in [0.2, 0.25) is 0 Å². The minimum Gasteiger partial charge on any atom is -0.286 e. The highest BCUT2D eigenvalue weighted by Crippen LogP contribution is 2.27. The van der Waals surface area contributed by atoms with Crippen LogP contribution in [-0.4, -0.2) is 37.4 Å². The van der Waals surface area contributed by atoms with E-state index < -0.39 is 20.2 Å². The van der Waals surface area contributed by atoms with E-state index in [1.54, 1.807) is 0 Å². The maximum absolute atomic E-state index is 10.9. The van der Waals surface area contributed by atoms with Gasteiger partial charge in [-0.15, -0.1) is 0 Å². The van der Waals surface area contributed by atoms with Crippen molar-refractivity contribution >= 4 is 20.2 Å². The van der Waals surface area contributed by atoms with Crippen molar-refractivity contribution in [3.8, 4) is 33.4 Å². The van der Waals surface area contributed by atoms with E-state index in [1.165, 1.54) is 0 Å². The number of rotatable bonds is 11. The van der Waals surface area contributed by atoms with Crippen LogP contribution in [0.25, 0.3) is 33.4 Å². The van der Waals surface area contributed by atoms with Crippen LogP contribution >= 0.6 is 0 Å². The number of nitrogens with zero attached hydrogens (tertiary/aromatic N) is 2. The molecular formula is C28H30N2O6S2+2. The van der Waals surface area contributed by atoms with Gasteiger partial charge in [0.1, 0.15) is 13.1 Å². The van der Waals surface area contributed by atoms with Gasteiger partial charge in [-0.2, -0.15) is 16.8 Å². The van der Waals surface area contributed by atoms with E-state index in [2.05, 4.69) is 48.5 Å². The molecule has 2 aromatic heterocycles. The van der Waals surface area contributed by atoms with Gasteiger partial charge in [-0.1, -0.05) is 48.5 Å². The van der Waals surface area contributed by atoms with Crippen LogP contribution in [0, 0.1) is 0 Å². The third-order valence-electron chi connectivity index (χ3n) is 6.19. The van der Waals surface area contributed by atoms with Gasteiger partial charge in [0, 0.05) is 37.1 Å². The monoisotopic (exact) mass is 554 g/mol. The Bertz CT molecular complexity index is 1440. The Morgan fingerprint density at radius 2 is 0.684 bits per heavy atom. The zero-order valence-electron chi connectivity index (χ0n) is 20.7. The van der Waals surface area contributed by atoms with Crippen LogP contribution in [0.5, 0.6) is 0 Å². The van der Waals surface area contributed by atoms with Crippen LogP contribution in [0.4, 0.5) is 0 Å². The van der Waals surface area contributed by atoms with E-state index in [0.29, 0.717) is 25.9 Å². The lowest BCUT2D eigenvalue weighted by Gasteiger charge is -2.07. The largest absolute Gasteiger partial charge is 0.286 e. The van der Waals surface area contributed by atoms with Crippen LogP contribution in [0.2, 0.25) is 0 Å².